The Morgan fingerprint density at radius 2 is 2.00 bits per heavy atom. The minimum Gasteiger partial charge on any atom is -0.349 e. The third-order valence-corrected chi connectivity index (χ3v) is 2.78. The first-order chi connectivity index (χ1) is 9.16. The van der Waals surface area contributed by atoms with Gasteiger partial charge in [0, 0.05) is 32.5 Å². The number of benzene rings is 1. The summed E-state index contributed by atoms with van der Waals surface area (Å²) < 4.78 is 5.18. The molecule has 1 heterocycles. The summed E-state index contributed by atoms with van der Waals surface area (Å²) >= 11 is 0. The van der Waals surface area contributed by atoms with Gasteiger partial charge >= 0.3 is 0 Å². The van der Waals surface area contributed by atoms with Gasteiger partial charge in [-0.25, -0.2) is 0 Å². The average molecular weight is 259 g/mol. The van der Waals surface area contributed by atoms with Crippen molar-refractivity contribution in [1.82, 2.24) is 15.0 Å². The molecule has 0 saturated carbocycles. The van der Waals surface area contributed by atoms with E-state index in [1.807, 2.05) is 30.3 Å². The Morgan fingerprint density at radius 3 is 2.68 bits per heavy atom. The highest BCUT2D eigenvalue weighted by atomic mass is 16.5. The van der Waals surface area contributed by atoms with Gasteiger partial charge in [0.1, 0.15) is 0 Å². The second-order valence-corrected chi connectivity index (χ2v) is 4.52. The molecule has 0 atom stereocenters. The molecule has 0 aliphatic rings. The molecule has 0 radical (unpaired) electrons. The smallest absolute Gasteiger partial charge is 0.226 e. The Morgan fingerprint density at radius 1 is 1.26 bits per heavy atom. The minimum atomic E-state index is 0.114. The van der Waals surface area contributed by atoms with Crippen LogP contribution >= 0.6 is 0 Å². The van der Waals surface area contributed by atoms with E-state index in [9.17, 15) is 4.79 Å². The molecule has 0 unspecified atom stereocenters. The van der Waals surface area contributed by atoms with Crippen molar-refractivity contribution in [2.24, 2.45) is 0 Å². The number of aryl methyl sites for hydroxylation is 1. The van der Waals surface area contributed by atoms with Crippen LogP contribution in [0.5, 0.6) is 0 Å². The number of carbonyl (C=O) groups excluding carboxylic acids is 1. The molecule has 0 fully saturated rings. The fourth-order valence-electron chi connectivity index (χ4n) is 1.68. The molecule has 5 nitrogen and oxygen atoms in total. The highest BCUT2D eigenvalue weighted by Gasteiger charge is 2.09. The van der Waals surface area contributed by atoms with Crippen LogP contribution in [-0.2, 0) is 11.2 Å². The van der Waals surface area contributed by atoms with Gasteiger partial charge in [-0.2, -0.15) is 4.98 Å². The molecule has 0 bridgehead atoms. The normalized spacial score (nSPS) is 10.4. The SMILES string of the molecule is CN(C)C(=O)CCCc1nc(-c2ccccc2)no1. The van der Waals surface area contributed by atoms with Gasteiger partial charge in [-0.3, -0.25) is 4.79 Å². The lowest BCUT2D eigenvalue weighted by molar-refractivity contribution is -0.128. The summed E-state index contributed by atoms with van der Waals surface area (Å²) in [6.45, 7) is 0. The molecule has 0 N–H and O–H groups in total. The summed E-state index contributed by atoms with van der Waals surface area (Å²) in [5.41, 5.74) is 0.932. The number of rotatable bonds is 5. The lowest BCUT2D eigenvalue weighted by atomic mass is 10.2. The Balaban J connectivity index is 1.90. The van der Waals surface area contributed by atoms with E-state index in [2.05, 4.69) is 10.1 Å². The third-order valence-electron chi connectivity index (χ3n) is 2.78. The van der Waals surface area contributed by atoms with Crippen molar-refractivity contribution in [1.29, 1.82) is 0 Å². The Hall–Kier alpha value is -2.17. The topological polar surface area (TPSA) is 59.2 Å². The minimum absolute atomic E-state index is 0.114. The van der Waals surface area contributed by atoms with Crippen molar-refractivity contribution in [3.05, 3.63) is 36.2 Å². The zero-order valence-electron chi connectivity index (χ0n) is 11.2. The van der Waals surface area contributed by atoms with Gasteiger partial charge in [0.15, 0.2) is 0 Å². The monoisotopic (exact) mass is 259 g/mol. The fraction of sp³-hybridized carbons (Fsp3) is 0.357. The molecule has 5 heteroatoms. The van der Waals surface area contributed by atoms with E-state index >= 15 is 0 Å². The molecular formula is C14H17N3O2. The van der Waals surface area contributed by atoms with Crippen molar-refractivity contribution >= 4 is 5.91 Å². The highest BCUT2D eigenvalue weighted by molar-refractivity contribution is 5.75. The van der Waals surface area contributed by atoms with Gasteiger partial charge in [-0.15, -0.1) is 0 Å². The van der Waals surface area contributed by atoms with Crippen molar-refractivity contribution in [2.45, 2.75) is 19.3 Å². The fourth-order valence-corrected chi connectivity index (χ4v) is 1.68. The molecule has 1 amide bonds. The molecule has 100 valence electrons. The number of aromatic nitrogens is 2. The van der Waals surface area contributed by atoms with Crippen molar-refractivity contribution in [3.8, 4) is 11.4 Å². The lowest BCUT2D eigenvalue weighted by Gasteiger charge is -2.08. The molecular weight excluding hydrogens is 242 g/mol. The van der Waals surface area contributed by atoms with E-state index in [1.54, 1.807) is 19.0 Å². The zero-order chi connectivity index (χ0) is 13.7. The summed E-state index contributed by atoms with van der Waals surface area (Å²) in [5.74, 6) is 1.28. The van der Waals surface area contributed by atoms with Crippen LogP contribution in [0.1, 0.15) is 18.7 Å². The van der Waals surface area contributed by atoms with Gasteiger partial charge in [-0.05, 0) is 6.42 Å². The molecule has 1 aromatic carbocycles. The van der Waals surface area contributed by atoms with Crippen LogP contribution in [0.15, 0.2) is 34.9 Å². The summed E-state index contributed by atoms with van der Waals surface area (Å²) in [6.07, 6.45) is 1.84. The molecule has 19 heavy (non-hydrogen) atoms. The van der Waals surface area contributed by atoms with E-state index in [4.69, 9.17) is 4.52 Å². The van der Waals surface area contributed by atoms with Crippen molar-refractivity contribution in [2.75, 3.05) is 14.1 Å². The first-order valence-corrected chi connectivity index (χ1v) is 6.25. The number of carbonyl (C=O) groups is 1. The van der Waals surface area contributed by atoms with Crippen LogP contribution in [0.25, 0.3) is 11.4 Å². The van der Waals surface area contributed by atoms with Gasteiger partial charge in [0.25, 0.3) is 0 Å². The van der Waals surface area contributed by atoms with E-state index in [-0.39, 0.29) is 5.91 Å². The maximum absolute atomic E-state index is 11.4. The second-order valence-electron chi connectivity index (χ2n) is 4.52. The summed E-state index contributed by atoms with van der Waals surface area (Å²) in [7, 11) is 3.51. The van der Waals surface area contributed by atoms with Crippen molar-refractivity contribution in [3.63, 3.8) is 0 Å². The maximum Gasteiger partial charge on any atom is 0.226 e. The molecule has 0 aliphatic heterocycles. The van der Waals surface area contributed by atoms with Crippen LogP contribution in [-0.4, -0.2) is 35.0 Å². The van der Waals surface area contributed by atoms with E-state index in [0.717, 1.165) is 5.56 Å². The van der Waals surface area contributed by atoms with Gasteiger partial charge in [0.2, 0.25) is 17.6 Å². The Labute approximate surface area is 112 Å². The summed E-state index contributed by atoms with van der Waals surface area (Å²) in [5, 5.41) is 3.94. The summed E-state index contributed by atoms with van der Waals surface area (Å²) in [4.78, 5) is 17.3. The molecule has 0 saturated heterocycles. The zero-order valence-corrected chi connectivity index (χ0v) is 11.2. The van der Waals surface area contributed by atoms with E-state index < -0.39 is 0 Å². The van der Waals surface area contributed by atoms with Gasteiger partial charge in [-0.1, -0.05) is 35.5 Å². The maximum atomic E-state index is 11.4. The second kappa shape index (κ2) is 6.13. The predicted molar refractivity (Wildman–Crippen MR) is 71.4 cm³/mol. The Kier molecular flexibility index (Phi) is 4.28. The third kappa shape index (κ3) is 3.64. The molecule has 2 aromatic rings. The number of hydrogen-bond donors (Lipinski definition) is 0. The lowest BCUT2D eigenvalue weighted by Crippen LogP contribution is -2.21. The number of nitrogens with zero attached hydrogens (tertiary/aromatic N) is 3. The molecule has 0 aliphatic carbocycles. The standard InChI is InChI=1S/C14H17N3O2/c1-17(2)13(18)10-6-9-12-15-14(16-19-12)11-7-4-3-5-8-11/h3-5,7-8H,6,9-10H2,1-2H3. The largest absolute Gasteiger partial charge is 0.349 e. The first-order valence-electron chi connectivity index (χ1n) is 6.25. The van der Waals surface area contributed by atoms with Crippen LogP contribution in [0, 0.1) is 0 Å². The molecule has 1 aromatic heterocycles. The van der Waals surface area contributed by atoms with Crippen LogP contribution in [0.4, 0.5) is 0 Å². The first kappa shape index (κ1) is 13.3. The van der Waals surface area contributed by atoms with E-state index in [0.29, 0.717) is 31.0 Å². The quantitative estimate of drug-likeness (QED) is 0.825. The Bertz CT molecular complexity index is 535. The number of amides is 1. The molecule has 2 rings (SSSR count). The van der Waals surface area contributed by atoms with Crippen molar-refractivity contribution < 1.29 is 9.32 Å². The average Bonchev–Trinajstić information content (AvgIpc) is 2.88. The predicted octanol–water partition coefficient (Wildman–Crippen LogP) is 2.15. The molecule has 0 spiro atoms. The van der Waals surface area contributed by atoms with Gasteiger partial charge in [0.05, 0.1) is 0 Å². The van der Waals surface area contributed by atoms with Crippen LogP contribution in [0.2, 0.25) is 0 Å². The van der Waals surface area contributed by atoms with Gasteiger partial charge < -0.3 is 9.42 Å². The van der Waals surface area contributed by atoms with Crippen LogP contribution in [0.3, 0.4) is 0 Å². The number of hydrogen-bond acceptors (Lipinski definition) is 4. The van der Waals surface area contributed by atoms with E-state index in [1.165, 1.54) is 0 Å². The highest BCUT2D eigenvalue weighted by Crippen LogP contribution is 2.15. The summed E-state index contributed by atoms with van der Waals surface area (Å²) in [6, 6.07) is 9.67. The van der Waals surface area contributed by atoms with Crippen LogP contribution < -0.4 is 0 Å².